The highest BCUT2D eigenvalue weighted by Crippen LogP contribution is 2.19. The van der Waals surface area contributed by atoms with Gasteiger partial charge in [0.05, 0.1) is 29.6 Å². The molecule has 0 radical (unpaired) electrons. The van der Waals surface area contributed by atoms with Crippen LogP contribution in [0.2, 0.25) is 0 Å². The average Bonchev–Trinajstić information content (AvgIpc) is 2.90. The Morgan fingerprint density at radius 1 is 1.61 bits per heavy atom. The Labute approximate surface area is 108 Å². The molecule has 0 fully saturated rings. The minimum atomic E-state index is 0.0672. The third kappa shape index (κ3) is 2.57. The van der Waals surface area contributed by atoms with Crippen LogP contribution in [-0.2, 0) is 6.54 Å². The first-order chi connectivity index (χ1) is 8.72. The maximum atomic E-state index is 8.76. The summed E-state index contributed by atoms with van der Waals surface area (Å²) in [7, 11) is 1.91. The van der Waals surface area contributed by atoms with Gasteiger partial charge in [-0.05, 0) is 6.07 Å². The van der Waals surface area contributed by atoms with Crippen LogP contribution in [0.15, 0.2) is 34.5 Å². The van der Waals surface area contributed by atoms with E-state index in [0.29, 0.717) is 12.1 Å². The summed E-state index contributed by atoms with van der Waals surface area (Å²) in [5.41, 5.74) is 9.83. The third-order valence-electron chi connectivity index (χ3n) is 2.48. The molecule has 94 valence electrons. The molecule has 0 spiro atoms. The van der Waals surface area contributed by atoms with Crippen LogP contribution < -0.4 is 10.6 Å². The molecule has 2 heterocycles. The number of nitrogens with zero attached hydrogens (tertiary/aromatic N) is 4. The molecule has 6 nitrogen and oxygen atoms in total. The van der Waals surface area contributed by atoms with Crippen LogP contribution >= 0.6 is 11.3 Å². The second-order valence-electron chi connectivity index (χ2n) is 3.71. The molecule has 3 N–H and O–H groups in total. The van der Waals surface area contributed by atoms with Gasteiger partial charge in [-0.15, -0.1) is 11.3 Å². The predicted molar refractivity (Wildman–Crippen MR) is 71.0 cm³/mol. The minimum Gasteiger partial charge on any atom is -0.409 e. The molecule has 0 unspecified atom stereocenters. The zero-order valence-electron chi connectivity index (χ0n) is 9.82. The summed E-state index contributed by atoms with van der Waals surface area (Å²) in [4.78, 5) is 10.2. The number of pyridine rings is 1. The number of nitrogens with two attached hydrogens (primary N) is 1. The first kappa shape index (κ1) is 12.3. The molecule has 18 heavy (non-hydrogen) atoms. The smallest absolute Gasteiger partial charge is 0.172 e. The van der Waals surface area contributed by atoms with Crippen molar-refractivity contribution in [3.05, 3.63) is 40.6 Å². The van der Waals surface area contributed by atoms with Crippen LogP contribution in [0, 0.1) is 0 Å². The highest BCUT2D eigenvalue weighted by molar-refractivity contribution is 7.07. The van der Waals surface area contributed by atoms with Crippen LogP contribution in [0.25, 0.3) is 0 Å². The van der Waals surface area contributed by atoms with Crippen LogP contribution in [0.4, 0.5) is 5.69 Å². The summed E-state index contributed by atoms with van der Waals surface area (Å²) in [6.45, 7) is 0.640. The van der Waals surface area contributed by atoms with Crippen molar-refractivity contribution in [2.24, 2.45) is 10.9 Å². The lowest BCUT2D eigenvalue weighted by molar-refractivity contribution is 0.318. The van der Waals surface area contributed by atoms with E-state index in [4.69, 9.17) is 10.9 Å². The number of amidine groups is 1. The van der Waals surface area contributed by atoms with E-state index in [1.807, 2.05) is 17.3 Å². The first-order valence-corrected chi connectivity index (χ1v) is 6.16. The Bertz CT molecular complexity index is 540. The van der Waals surface area contributed by atoms with Gasteiger partial charge in [0, 0.05) is 24.2 Å². The van der Waals surface area contributed by atoms with Gasteiger partial charge in [-0.1, -0.05) is 5.16 Å². The van der Waals surface area contributed by atoms with E-state index in [1.165, 1.54) is 0 Å². The molecule has 0 bridgehead atoms. The fraction of sp³-hybridized carbons (Fsp3) is 0.182. The molecule has 7 heteroatoms. The number of hydrogen-bond donors (Lipinski definition) is 2. The zero-order valence-corrected chi connectivity index (χ0v) is 10.6. The molecule has 0 aliphatic carbocycles. The maximum absolute atomic E-state index is 8.76. The monoisotopic (exact) mass is 263 g/mol. The second-order valence-corrected chi connectivity index (χ2v) is 4.43. The van der Waals surface area contributed by atoms with Gasteiger partial charge in [-0.25, -0.2) is 4.98 Å². The Kier molecular flexibility index (Phi) is 3.73. The number of anilines is 1. The Morgan fingerprint density at radius 2 is 2.44 bits per heavy atom. The molecular formula is C11H13N5OS. The van der Waals surface area contributed by atoms with Crippen molar-refractivity contribution in [3.63, 3.8) is 0 Å². The summed E-state index contributed by atoms with van der Waals surface area (Å²) in [5.74, 6) is 0.0672. The van der Waals surface area contributed by atoms with Crippen LogP contribution in [0.3, 0.4) is 0 Å². The summed E-state index contributed by atoms with van der Waals surface area (Å²) in [6, 6.07) is 1.71. The van der Waals surface area contributed by atoms with Crippen molar-refractivity contribution >= 4 is 22.9 Å². The third-order valence-corrected chi connectivity index (χ3v) is 3.11. The van der Waals surface area contributed by atoms with E-state index in [2.05, 4.69) is 15.1 Å². The summed E-state index contributed by atoms with van der Waals surface area (Å²) in [6.07, 6.45) is 3.29. The lowest BCUT2D eigenvalue weighted by Gasteiger charge is -2.20. The lowest BCUT2D eigenvalue weighted by Crippen LogP contribution is -2.23. The number of thiazole rings is 1. The Balaban J connectivity index is 2.27. The van der Waals surface area contributed by atoms with Gasteiger partial charge in [0.25, 0.3) is 0 Å². The molecule has 0 amide bonds. The molecule has 2 aromatic heterocycles. The zero-order chi connectivity index (χ0) is 13.0. The van der Waals surface area contributed by atoms with Gasteiger partial charge in [-0.3, -0.25) is 4.98 Å². The predicted octanol–water partition coefficient (Wildman–Crippen LogP) is 1.27. The molecule has 0 atom stereocenters. The fourth-order valence-electron chi connectivity index (χ4n) is 1.60. The van der Waals surface area contributed by atoms with Crippen molar-refractivity contribution in [2.75, 3.05) is 11.9 Å². The van der Waals surface area contributed by atoms with E-state index in [-0.39, 0.29) is 5.84 Å². The lowest BCUT2D eigenvalue weighted by atomic mass is 10.2. The molecule has 2 aromatic rings. The van der Waals surface area contributed by atoms with Crippen molar-refractivity contribution in [2.45, 2.75) is 6.54 Å². The maximum Gasteiger partial charge on any atom is 0.172 e. The topological polar surface area (TPSA) is 87.6 Å². The van der Waals surface area contributed by atoms with Gasteiger partial charge in [-0.2, -0.15) is 0 Å². The number of aromatic nitrogens is 2. The van der Waals surface area contributed by atoms with Crippen LogP contribution in [0.5, 0.6) is 0 Å². The molecule has 0 saturated heterocycles. The van der Waals surface area contributed by atoms with Gasteiger partial charge in [0.2, 0.25) is 0 Å². The van der Waals surface area contributed by atoms with Crippen molar-refractivity contribution in [1.82, 2.24) is 9.97 Å². The molecule has 0 saturated carbocycles. The van der Waals surface area contributed by atoms with Gasteiger partial charge >= 0.3 is 0 Å². The van der Waals surface area contributed by atoms with Gasteiger partial charge < -0.3 is 15.8 Å². The Hall–Kier alpha value is -2.15. The summed E-state index contributed by atoms with van der Waals surface area (Å²) in [5, 5.41) is 13.8. The van der Waals surface area contributed by atoms with E-state index in [9.17, 15) is 0 Å². The fourth-order valence-corrected chi connectivity index (χ4v) is 2.15. The molecule has 0 aliphatic heterocycles. The number of oxime groups is 1. The van der Waals surface area contributed by atoms with Crippen molar-refractivity contribution < 1.29 is 5.21 Å². The van der Waals surface area contributed by atoms with Crippen LogP contribution in [0.1, 0.15) is 11.3 Å². The number of hydrogen-bond acceptors (Lipinski definition) is 6. The highest BCUT2D eigenvalue weighted by Gasteiger charge is 2.12. The van der Waals surface area contributed by atoms with Gasteiger partial charge in [0.1, 0.15) is 0 Å². The summed E-state index contributed by atoms with van der Waals surface area (Å²) < 4.78 is 0. The normalized spacial score (nSPS) is 11.5. The molecule has 0 aliphatic rings. The standard InChI is InChI=1S/C11H13N5OS/c1-16(5-8-6-18-7-14-8)10-4-13-3-2-9(10)11(12)15-17/h2-4,6-7,17H,5H2,1H3,(H2,12,15). The average molecular weight is 263 g/mol. The Morgan fingerprint density at radius 3 is 3.11 bits per heavy atom. The van der Waals surface area contributed by atoms with Gasteiger partial charge in [0.15, 0.2) is 5.84 Å². The van der Waals surface area contributed by atoms with E-state index in [1.54, 1.807) is 35.3 Å². The highest BCUT2D eigenvalue weighted by atomic mass is 32.1. The molecule has 2 rings (SSSR count). The quantitative estimate of drug-likeness (QED) is 0.375. The van der Waals surface area contributed by atoms with E-state index < -0.39 is 0 Å². The van der Waals surface area contributed by atoms with Crippen molar-refractivity contribution in [3.8, 4) is 0 Å². The van der Waals surface area contributed by atoms with Crippen LogP contribution in [-0.4, -0.2) is 28.1 Å². The van der Waals surface area contributed by atoms with Crippen molar-refractivity contribution in [1.29, 1.82) is 0 Å². The SMILES string of the molecule is CN(Cc1cscn1)c1cnccc1/C(N)=N/O. The first-order valence-electron chi connectivity index (χ1n) is 5.22. The largest absolute Gasteiger partial charge is 0.409 e. The van der Waals surface area contributed by atoms with E-state index >= 15 is 0 Å². The molecular weight excluding hydrogens is 250 g/mol. The number of rotatable bonds is 4. The molecule has 0 aromatic carbocycles. The van der Waals surface area contributed by atoms with E-state index in [0.717, 1.165) is 11.4 Å². The summed E-state index contributed by atoms with van der Waals surface area (Å²) >= 11 is 1.55. The second kappa shape index (κ2) is 5.46. The minimum absolute atomic E-state index is 0.0672.